The highest BCUT2D eigenvalue weighted by atomic mass is 16.5. The van der Waals surface area contributed by atoms with Crippen molar-refractivity contribution >= 4 is 11.9 Å². The van der Waals surface area contributed by atoms with Gasteiger partial charge in [0.15, 0.2) is 0 Å². The van der Waals surface area contributed by atoms with Crippen LogP contribution in [0, 0.1) is 6.92 Å². The van der Waals surface area contributed by atoms with Gasteiger partial charge in [-0.1, -0.05) is 31.0 Å². The van der Waals surface area contributed by atoms with Gasteiger partial charge in [-0.15, -0.1) is 0 Å². The fourth-order valence-corrected chi connectivity index (χ4v) is 1.99. The molecule has 2 rings (SSSR count). The topological polar surface area (TPSA) is 52.6 Å². The lowest BCUT2D eigenvalue weighted by molar-refractivity contribution is 0.0499. The summed E-state index contributed by atoms with van der Waals surface area (Å²) >= 11 is 0. The maximum Gasteiger partial charge on any atom is 0.343 e. The molecular formula is C19H20O4. The molecule has 0 saturated heterocycles. The van der Waals surface area contributed by atoms with Crippen LogP contribution in [0.4, 0.5) is 0 Å². The Balaban J connectivity index is 1.97. The van der Waals surface area contributed by atoms with Crippen LogP contribution >= 0.6 is 0 Å². The van der Waals surface area contributed by atoms with Gasteiger partial charge in [0.25, 0.3) is 0 Å². The second-order valence-electron chi connectivity index (χ2n) is 5.27. The summed E-state index contributed by atoms with van der Waals surface area (Å²) in [7, 11) is 0. The third kappa shape index (κ3) is 4.95. The van der Waals surface area contributed by atoms with Crippen LogP contribution in [0.5, 0.6) is 5.75 Å². The van der Waals surface area contributed by atoms with Crippen LogP contribution in [-0.4, -0.2) is 18.5 Å². The molecule has 0 amide bonds. The number of aryl methyl sites for hydroxylation is 1. The van der Waals surface area contributed by atoms with E-state index in [0.717, 1.165) is 18.4 Å². The Morgan fingerprint density at radius 3 is 2.35 bits per heavy atom. The molecule has 0 aliphatic heterocycles. The zero-order valence-electron chi connectivity index (χ0n) is 13.4. The molecule has 0 fully saturated rings. The molecule has 0 aliphatic carbocycles. The lowest BCUT2D eigenvalue weighted by atomic mass is 10.1. The van der Waals surface area contributed by atoms with Crippen LogP contribution in [0.1, 0.15) is 46.0 Å². The minimum atomic E-state index is -0.424. The second kappa shape index (κ2) is 8.13. The largest absolute Gasteiger partial charge is 0.462 e. The number of benzene rings is 2. The van der Waals surface area contributed by atoms with E-state index in [1.54, 1.807) is 42.5 Å². The van der Waals surface area contributed by atoms with Crippen molar-refractivity contribution in [2.45, 2.75) is 26.7 Å². The van der Waals surface area contributed by atoms with Crippen LogP contribution in [0.2, 0.25) is 0 Å². The van der Waals surface area contributed by atoms with E-state index in [9.17, 15) is 9.59 Å². The first kappa shape index (κ1) is 16.7. The van der Waals surface area contributed by atoms with Crippen LogP contribution in [0.25, 0.3) is 0 Å². The van der Waals surface area contributed by atoms with E-state index in [2.05, 4.69) is 0 Å². The molecule has 23 heavy (non-hydrogen) atoms. The molecule has 0 saturated carbocycles. The molecule has 0 bridgehead atoms. The zero-order valence-corrected chi connectivity index (χ0v) is 13.4. The van der Waals surface area contributed by atoms with Crippen molar-refractivity contribution in [3.05, 3.63) is 65.2 Å². The first-order valence-electron chi connectivity index (χ1n) is 7.66. The molecule has 120 valence electrons. The molecule has 0 spiro atoms. The van der Waals surface area contributed by atoms with Gasteiger partial charge < -0.3 is 9.47 Å². The van der Waals surface area contributed by atoms with Gasteiger partial charge in [-0.25, -0.2) is 9.59 Å². The molecule has 4 heteroatoms. The molecule has 2 aromatic rings. The smallest absolute Gasteiger partial charge is 0.343 e. The number of rotatable bonds is 6. The highest BCUT2D eigenvalue weighted by molar-refractivity contribution is 5.92. The van der Waals surface area contributed by atoms with Crippen LogP contribution < -0.4 is 4.74 Å². The van der Waals surface area contributed by atoms with E-state index >= 15 is 0 Å². The van der Waals surface area contributed by atoms with Crippen molar-refractivity contribution in [2.75, 3.05) is 6.61 Å². The van der Waals surface area contributed by atoms with E-state index in [0.29, 0.717) is 23.5 Å². The summed E-state index contributed by atoms with van der Waals surface area (Å²) < 4.78 is 10.4. The van der Waals surface area contributed by atoms with Crippen LogP contribution in [0.15, 0.2) is 48.5 Å². The Morgan fingerprint density at radius 2 is 1.70 bits per heavy atom. The number of carbonyl (C=O) groups is 2. The number of ether oxygens (including phenoxy) is 2. The van der Waals surface area contributed by atoms with E-state index in [1.807, 2.05) is 19.9 Å². The lowest BCUT2D eigenvalue weighted by Crippen LogP contribution is -2.09. The molecule has 0 unspecified atom stereocenters. The molecule has 0 aliphatic rings. The predicted octanol–water partition coefficient (Wildman–Crippen LogP) is 4.17. The summed E-state index contributed by atoms with van der Waals surface area (Å²) in [4.78, 5) is 23.8. The van der Waals surface area contributed by atoms with E-state index in [4.69, 9.17) is 9.47 Å². The quantitative estimate of drug-likeness (QED) is 0.456. The summed E-state index contributed by atoms with van der Waals surface area (Å²) in [6, 6.07) is 13.5. The van der Waals surface area contributed by atoms with E-state index in [1.165, 1.54) is 0 Å². The fourth-order valence-electron chi connectivity index (χ4n) is 1.99. The average molecular weight is 312 g/mol. The molecule has 0 N–H and O–H groups in total. The number of hydrogen-bond donors (Lipinski definition) is 0. The zero-order chi connectivity index (χ0) is 16.7. The Bertz CT molecular complexity index is 674. The summed E-state index contributed by atoms with van der Waals surface area (Å²) in [5, 5.41) is 0. The van der Waals surface area contributed by atoms with Crippen molar-refractivity contribution < 1.29 is 19.1 Å². The first-order chi connectivity index (χ1) is 11.1. The second-order valence-corrected chi connectivity index (χ2v) is 5.27. The minimum Gasteiger partial charge on any atom is -0.462 e. The molecule has 0 atom stereocenters. The number of hydrogen-bond acceptors (Lipinski definition) is 4. The van der Waals surface area contributed by atoms with Gasteiger partial charge in [-0.05, 0) is 49.7 Å². The highest BCUT2D eigenvalue weighted by Crippen LogP contribution is 2.15. The third-order valence-corrected chi connectivity index (χ3v) is 3.29. The van der Waals surface area contributed by atoms with Gasteiger partial charge >= 0.3 is 11.9 Å². The van der Waals surface area contributed by atoms with E-state index < -0.39 is 5.97 Å². The van der Waals surface area contributed by atoms with Gasteiger partial charge in [0.05, 0.1) is 17.7 Å². The average Bonchev–Trinajstić information content (AvgIpc) is 2.55. The molecule has 0 radical (unpaired) electrons. The minimum absolute atomic E-state index is 0.366. The van der Waals surface area contributed by atoms with Crippen molar-refractivity contribution in [3.63, 3.8) is 0 Å². The SMILES string of the molecule is CCCCOC(=O)c1ccc(OC(=O)c2cccc(C)c2)cc1. The number of esters is 2. The molecule has 0 aromatic heterocycles. The number of unbranched alkanes of at least 4 members (excludes halogenated alkanes) is 1. The van der Waals surface area contributed by atoms with Crippen LogP contribution in [-0.2, 0) is 4.74 Å². The third-order valence-electron chi connectivity index (χ3n) is 3.29. The van der Waals surface area contributed by atoms with Crippen molar-refractivity contribution in [1.82, 2.24) is 0 Å². The van der Waals surface area contributed by atoms with Gasteiger partial charge in [0, 0.05) is 0 Å². The normalized spacial score (nSPS) is 10.2. The van der Waals surface area contributed by atoms with Crippen molar-refractivity contribution in [1.29, 1.82) is 0 Å². The standard InChI is InChI=1S/C19H20O4/c1-3-4-12-22-18(20)15-8-10-17(11-9-15)23-19(21)16-7-5-6-14(2)13-16/h5-11,13H,3-4,12H2,1-2H3. The maximum atomic E-state index is 12.0. The molecule has 0 heterocycles. The molecule has 2 aromatic carbocycles. The summed E-state index contributed by atoms with van der Waals surface area (Å²) in [6.07, 6.45) is 1.82. The predicted molar refractivity (Wildman–Crippen MR) is 87.8 cm³/mol. The fraction of sp³-hybridized carbons (Fsp3) is 0.263. The molecule has 4 nitrogen and oxygen atoms in total. The van der Waals surface area contributed by atoms with Gasteiger partial charge in [-0.3, -0.25) is 0 Å². The van der Waals surface area contributed by atoms with Gasteiger partial charge in [-0.2, -0.15) is 0 Å². The Kier molecular flexibility index (Phi) is 5.92. The van der Waals surface area contributed by atoms with Crippen LogP contribution in [0.3, 0.4) is 0 Å². The summed E-state index contributed by atoms with van der Waals surface area (Å²) in [6.45, 7) is 4.36. The van der Waals surface area contributed by atoms with Gasteiger partial charge in [0.2, 0.25) is 0 Å². The number of carbonyl (C=O) groups excluding carboxylic acids is 2. The summed E-state index contributed by atoms with van der Waals surface area (Å²) in [5.74, 6) is -0.399. The first-order valence-corrected chi connectivity index (χ1v) is 7.66. The van der Waals surface area contributed by atoms with E-state index in [-0.39, 0.29) is 5.97 Å². The lowest BCUT2D eigenvalue weighted by Gasteiger charge is -2.07. The Hall–Kier alpha value is -2.62. The van der Waals surface area contributed by atoms with Gasteiger partial charge in [0.1, 0.15) is 5.75 Å². The Morgan fingerprint density at radius 1 is 0.957 bits per heavy atom. The maximum absolute atomic E-state index is 12.0. The van der Waals surface area contributed by atoms with Crippen molar-refractivity contribution in [2.24, 2.45) is 0 Å². The highest BCUT2D eigenvalue weighted by Gasteiger charge is 2.10. The Labute approximate surface area is 136 Å². The van der Waals surface area contributed by atoms with Crippen molar-refractivity contribution in [3.8, 4) is 5.75 Å². The molecular weight excluding hydrogens is 292 g/mol. The summed E-state index contributed by atoms with van der Waals surface area (Å²) in [5.41, 5.74) is 1.93. The monoisotopic (exact) mass is 312 g/mol.